The van der Waals surface area contributed by atoms with Crippen molar-refractivity contribution in [2.75, 3.05) is 38.2 Å². The molecular weight excluding hydrogens is 1290 g/mol. The fourth-order valence-electron chi connectivity index (χ4n) is 8.44. The molecule has 0 aromatic heterocycles. The van der Waals surface area contributed by atoms with Crippen LogP contribution in [0.5, 0.6) is 5.75 Å². The molecule has 11 atom stereocenters. The predicted molar refractivity (Wildman–Crippen MR) is 345 cm³/mol. The first-order valence-electron chi connectivity index (χ1n) is 30.4. The van der Waals surface area contributed by atoms with E-state index in [9.17, 15) is 92.0 Å². The van der Waals surface area contributed by atoms with Gasteiger partial charge in [-0.2, -0.15) is 11.8 Å². The number of nitrogens with one attached hydrogen (secondary N) is 15. The van der Waals surface area contributed by atoms with Gasteiger partial charge in [-0.25, -0.2) is 9.59 Å². The van der Waals surface area contributed by atoms with E-state index < -0.39 is 181 Å². The van der Waals surface area contributed by atoms with Crippen LogP contribution in [0.15, 0.2) is 24.3 Å². The lowest BCUT2D eigenvalue weighted by atomic mass is 10.0. The van der Waals surface area contributed by atoms with E-state index in [1.807, 2.05) is 0 Å². The Morgan fingerprint density at radius 3 is 1.43 bits per heavy atom. The van der Waals surface area contributed by atoms with Crippen LogP contribution in [0.1, 0.15) is 105 Å². The summed E-state index contributed by atoms with van der Waals surface area (Å²) in [6.07, 6.45) is 0.146. The summed E-state index contributed by atoms with van der Waals surface area (Å²) in [4.78, 5) is 206. The number of nitrogens with two attached hydrogens (primary N) is 4. The first kappa shape index (κ1) is 83.9. The van der Waals surface area contributed by atoms with E-state index in [-0.39, 0.29) is 94.3 Å². The molecule has 0 saturated carbocycles. The van der Waals surface area contributed by atoms with Gasteiger partial charge in [0.2, 0.25) is 76.8 Å². The van der Waals surface area contributed by atoms with Crippen molar-refractivity contribution in [1.82, 2.24) is 74.4 Å². The molecule has 0 aliphatic heterocycles. The molecule has 0 heterocycles. The van der Waals surface area contributed by atoms with Crippen LogP contribution in [0.2, 0.25) is 0 Å². The Morgan fingerprint density at radius 1 is 0.479 bits per heavy atom. The topological polar surface area (TPSA) is 630 Å². The monoisotopic (exact) mass is 1380 g/mol. The third-order valence-electron chi connectivity index (χ3n) is 13.7. The van der Waals surface area contributed by atoms with E-state index in [1.165, 1.54) is 49.9 Å². The van der Waals surface area contributed by atoms with Crippen molar-refractivity contribution < 1.29 is 92.0 Å². The van der Waals surface area contributed by atoms with Crippen LogP contribution < -0.4 is 97.4 Å². The van der Waals surface area contributed by atoms with Crippen molar-refractivity contribution in [3.63, 3.8) is 0 Å². The van der Waals surface area contributed by atoms with E-state index in [4.69, 9.17) is 28.3 Å². The summed E-state index contributed by atoms with van der Waals surface area (Å²) < 4.78 is 0. The van der Waals surface area contributed by atoms with E-state index in [0.717, 1.165) is 13.8 Å². The normalized spacial score (nSPS) is 14.3. The third kappa shape index (κ3) is 34.7. The highest BCUT2D eigenvalue weighted by atomic mass is 32.2. The molecule has 1 aromatic carbocycles. The Morgan fingerprint density at radius 2 is 0.917 bits per heavy atom. The molecule has 1 aromatic rings. The van der Waals surface area contributed by atoms with Gasteiger partial charge in [-0.05, 0) is 108 Å². The van der Waals surface area contributed by atoms with Crippen LogP contribution in [0.3, 0.4) is 0 Å². The molecule has 38 nitrogen and oxygen atoms in total. The van der Waals surface area contributed by atoms with Gasteiger partial charge in [0.1, 0.15) is 66.2 Å². The number of thioether (sulfide) groups is 1. The number of aliphatic carboxylic acids is 2. The maximum Gasteiger partial charge on any atom is 0.326 e. The van der Waals surface area contributed by atoms with Gasteiger partial charge >= 0.3 is 18.0 Å². The number of carbonyl (C=O) groups excluding carboxylic acids is 14. The number of primary amides is 2. The molecule has 0 saturated heterocycles. The highest BCUT2D eigenvalue weighted by Crippen LogP contribution is 2.14. The molecule has 0 radical (unpaired) electrons. The maximum atomic E-state index is 14.1. The Bertz CT molecular complexity index is 2910. The number of phenolic OH excluding ortho intramolecular Hbond substituents is 1. The average Bonchev–Trinajstić information content (AvgIpc) is 0.974. The highest BCUT2D eigenvalue weighted by molar-refractivity contribution is 7.98. The SMILES string of the molecule is CSCC[C@H](NC(=O)[C@H](Cc1ccc(O)cc1)NC(=O)[C@@H](N)CCC(N)=O)C(=O)N[C@@H](CCCNC(N)=O)C(=O)N[C@@H](C)C(=O)N[C@@H](CC(=O)O)C(=O)N[C@@H](C)C(=O)N[C@@H](C)C(=O)N[C@@H](C)C(=O)NCC(=O)NCC(=O)N[C@@H](CC(C)C)C(=O)N[C@@H](CCCNC(=N)N)C(=O)O. The van der Waals surface area contributed by atoms with Crippen LogP contribution in [-0.4, -0.2) is 221 Å². The van der Waals surface area contributed by atoms with Crippen LogP contribution in [0.25, 0.3) is 0 Å². The summed E-state index contributed by atoms with van der Waals surface area (Å²) in [7, 11) is 0. The van der Waals surface area contributed by atoms with E-state index in [1.54, 1.807) is 20.1 Å². The Labute approximate surface area is 557 Å². The highest BCUT2D eigenvalue weighted by Gasteiger charge is 2.35. The van der Waals surface area contributed by atoms with Gasteiger partial charge in [0.05, 0.1) is 25.6 Å². The summed E-state index contributed by atoms with van der Waals surface area (Å²) >= 11 is 1.29. The first-order chi connectivity index (χ1) is 44.9. The quantitative estimate of drug-likeness (QED) is 0.0164. The van der Waals surface area contributed by atoms with Crippen LogP contribution in [-0.2, 0) is 78.3 Å². The number of phenols is 1. The number of rotatable bonds is 45. The summed E-state index contributed by atoms with van der Waals surface area (Å²) in [5.74, 6) is -15.2. The second kappa shape index (κ2) is 43.7. The van der Waals surface area contributed by atoms with Crippen LogP contribution in [0.4, 0.5) is 4.79 Å². The van der Waals surface area contributed by atoms with Crippen molar-refractivity contribution in [2.45, 2.75) is 172 Å². The number of carboxylic acids is 2. The van der Waals surface area contributed by atoms with Gasteiger partial charge in [-0.3, -0.25) is 72.5 Å². The van der Waals surface area contributed by atoms with Gasteiger partial charge in [-0.1, -0.05) is 26.0 Å². The number of hydrogen-bond donors (Lipinski definition) is 22. The van der Waals surface area contributed by atoms with Crippen molar-refractivity contribution in [3.8, 4) is 5.75 Å². The lowest BCUT2D eigenvalue weighted by molar-refractivity contribution is -0.142. The number of guanidine groups is 1. The standard InChI is InChI=1S/C57H93N19O19S/c1-27(2)22-38(53(91)74-37(55(93)94)11-9-19-63-56(60)61)71-43(80)26-65-42(79)25-66-45(83)28(3)67-46(84)29(4)68-47(85)30(5)70-52(90)40(24-44(81)82)75-48(86)31(6)69-50(88)35(10-8-20-64-57(62)95)72-51(89)36(18-21-96-7)73-54(92)39(23-32-12-14-33(77)15-13-32)76-49(87)34(58)16-17-41(59)78/h12-15,27-31,34-40,77H,8-11,16-26,58H2,1-7H3,(H2,59,78)(H,65,79)(H,66,83)(H,67,84)(H,68,85)(H,69,88)(H,70,90)(H,71,80)(H,72,89)(H,73,92)(H,74,91)(H,75,86)(H,76,87)(H,81,82)(H,93,94)(H4,60,61,63)(H3,62,64,95)/t28-,29-,30-,31-,34-,35-,36-,37-,38-,39-,40-/m0/s1. The molecule has 1 rings (SSSR count). The Balaban J connectivity index is 3.04. The van der Waals surface area contributed by atoms with Gasteiger partial charge in [-0.15, -0.1) is 0 Å². The predicted octanol–water partition coefficient (Wildman–Crippen LogP) is -7.24. The maximum absolute atomic E-state index is 14.1. The summed E-state index contributed by atoms with van der Waals surface area (Å²) in [6, 6.07) is -11.0. The second-order valence-electron chi connectivity index (χ2n) is 22.6. The minimum absolute atomic E-state index is 0.00190. The molecule has 15 amide bonds. The molecule has 0 aliphatic rings. The number of aromatic hydroxyl groups is 1. The fourth-order valence-corrected chi connectivity index (χ4v) is 8.91. The number of hydrogen-bond acceptors (Lipinski definition) is 20. The van der Waals surface area contributed by atoms with Crippen molar-refractivity contribution in [1.29, 1.82) is 5.41 Å². The van der Waals surface area contributed by atoms with E-state index in [0.29, 0.717) is 5.56 Å². The third-order valence-corrected chi connectivity index (χ3v) is 14.4. The van der Waals surface area contributed by atoms with E-state index in [2.05, 4.69) is 74.4 Å². The number of benzene rings is 1. The smallest absolute Gasteiger partial charge is 0.326 e. The molecule has 0 spiro atoms. The van der Waals surface area contributed by atoms with Crippen LogP contribution >= 0.6 is 11.8 Å². The zero-order valence-electron chi connectivity index (χ0n) is 54.4. The lowest BCUT2D eigenvalue weighted by Crippen LogP contribution is -2.60. The molecule has 536 valence electrons. The molecule has 39 heteroatoms. The second-order valence-corrected chi connectivity index (χ2v) is 23.6. The van der Waals surface area contributed by atoms with Crippen LogP contribution in [0, 0.1) is 11.3 Å². The summed E-state index contributed by atoms with van der Waals surface area (Å²) in [6.45, 7) is 6.97. The molecule has 0 aliphatic carbocycles. The van der Waals surface area contributed by atoms with Crippen molar-refractivity contribution in [3.05, 3.63) is 29.8 Å². The number of urea groups is 1. The lowest BCUT2D eigenvalue weighted by Gasteiger charge is -2.27. The van der Waals surface area contributed by atoms with Gasteiger partial charge < -0.3 is 113 Å². The zero-order valence-corrected chi connectivity index (χ0v) is 55.3. The first-order valence-corrected chi connectivity index (χ1v) is 31.8. The summed E-state index contributed by atoms with van der Waals surface area (Å²) in [5.41, 5.74) is 22.1. The fraction of sp³-hybridized carbons (Fsp3) is 0.596. The number of amides is 15. The average molecular weight is 1380 g/mol. The molecule has 0 bridgehead atoms. The minimum Gasteiger partial charge on any atom is -0.508 e. The molecule has 0 fully saturated rings. The van der Waals surface area contributed by atoms with Crippen molar-refractivity contribution in [2.24, 2.45) is 28.9 Å². The van der Waals surface area contributed by atoms with Gasteiger partial charge in [0, 0.05) is 25.9 Å². The van der Waals surface area contributed by atoms with E-state index >= 15 is 0 Å². The molecule has 0 unspecified atom stereocenters. The zero-order chi connectivity index (χ0) is 72.9. The number of carbonyl (C=O) groups is 16. The molecule has 96 heavy (non-hydrogen) atoms. The van der Waals surface area contributed by atoms with Gasteiger partial charge in [0.25, 0.3) is 0 Å². The minimum atomic E-state index is -1.89. The molecule has 26 N–H and O–H groups in total. The van der Waals surface area contributed by atoms with Gasteiger partial charge in [0.15, 0.2) is 5.96 Å². The largest absolute Gasteiger partial charge is 0.508 e. The number of carboxylic acid groups (broad SMARTS) is 2. The Kier molecular flexibility index (Phi) is 38.2. The summed E-state index contributed by atoms with van der Waals surface area (Å²) in [5, 5.41) is 69.5. The Hall–Kier alpha value is -10.1. The molecular formula is C57H93N19O19S. The van der Waals surface area contributed by atoms with Crippen molar-refractivity contribution >= 4 is 112 Å².